The van der Waals surface area contributed by atoms with Crippen LogP contribution in [-0.2, 0) is 0 Å². The number of rotatable bonds is 4. The van der Waals surface area contributed by atoms with Crippen molar-refractivity contribution in [2.45, 2.75) is 13.8 Å². The summed E-state index contributed by atoms with van der Waals surface area (Å²) in [6, 6.07) is 14.8. The molecule has 126 valence electrons. The maximum absolute atomic E-state index is 13.2. The number of hydrogen-bond acceptors (Lipinski definition) is 4. The molecule has 3 aromatic rings. The van der Waals surface area contributed by atoms with E-state index in [2.05, 4.69) is 20.8 Å². The number of aryl methyl sites for hydroxylation is 2. The van der Waals surface area contributed by atoms with Gasteiger partial charge >= 0.3 is 0 Å². The van der Waals surface area contributed by atoms with E-state index in [-0.39, 0.29) is 11.7 Å². The lowest BCUT2D eigenvalue weighted by atomic mass is 10.1. The number of nitrogens with zero attached hydrogens (tertiary/aromatic N) is 2. The maximum Gasteiger partial charge on any atom is 0.256 e. The quantitative estimate of drug-likeness (QED) is 0.748. The zero-order valence-electron chi connectivity index (χ0n) is 13.9. The first-order valence-electron chi connectivity index (χ1n) is 7.76. The monoisotopic (exact) mass is 336 g/mol. The van der Waals surface area contributed by atoms with Crippen molar-refractivity contribution >= 4 is 23.2 Å². The van der Waals surface area contributed by atoms with Gasteiger partial charge in [-0.2, -0.15) is 0 Å². The number of carbonyl (C=O) groups is 1. The van der Waals surface area contributed by atoms with Crippen LogP contribution in [-0.4, -0.2) is 16.1 Å². The predicted octanol–water partition coefficient (Wildman–Crippen LogP) is 4.23. The Kier molecular flexibility index (Phi) is 4.70. The van der Waals surface area contributed by atoms with Crippen LogP contribution in [0.5, 0.6) is 0 Å². The van der Waals surface area contributed by atoms with Crippen LogP contribution in [0.3, 0.4) is 0 Å². The van der Waals surface area contributed by atoms with Gasteiger partial charge in [0.25, 0.3) is 5.91 Å². The molecule has 2 aromatic carbocycles. The van der Waals surface area contributed by atoms with E-state index in [1.807, 2.05) is 26.0 Å². The first-order valence-corrected chi connectivity index (χ1v) is 7.76. The van der Waals surface area contributed by atoms with Gasteiger partial charge in [-0.1, -0.05) is 12.1 Å². The molecule has 0 spiro atoms. The van der Waals surface area contributed by atoms with E-state index in [4.69, 9.17) is 0 Å². The first kappa shape index (κ1) is 16.6. The van der Waals surface area contributed by atoms with Crippen LogP contribution in [0.4, 0.5) is 21.7 Å². The molecule has 0 aliphatic rings. The minimum atomic E-state index is -0.338. The standard InChI is InChI=1S/C19H17FN4O/c1-12-6-7-14(10-13(12)2)19(25)22-18-9-8-17(23-24-18)21-16-5-3-4-15(20)11-16/h3-11H,1-2H3,(H,21,23)(H,22,24,25). The zero-order chi connectivity index (χ0) is 17.8. The van der Waals surface area contributed by atoms with E-state index >= 15 is 0 Å². The van der Waals surface area contributed by atoms with E-state index in [1.165, 1.54) is 12.1 Å². The number of hydrogen-bond donors (Lipinski definition) is 2. The van der Waals surface area contributed by atoms with Gasteiger partial charge in [-0.25, -0.2) is 4.39 Å². The SMILES string of the molecule is Cc1ccc(C(=O)Nc2ccc(Nc3cccc(F)c3)nn2)cc1C. The summed E-state index contributed by atoms with van der Waals surface area (Å²) in [5, 5.41) is 13.6. The Morgan fingerprint density at radius 1 is 0.920 bits per heavy atom. The highest BCUT2D eigenvalue weighted by molar-refractivity contribution is 6.03. The van der Waals surface area contributed by atoms with Gasteiger partial charge in [-0.05, 0) is 67.4 Å². The average Bonchev–Trinajstić information content (AvgIpc) is 2.59. The fraction of sp³-hybridized carbons (Fsp3) is 0.105. The Bertz CT molecular complexity index is 910. The van der Waals surface area contributed by atoms with Gasteiger partial charge in [0.2, 0.25) is 0 Å². The van der Waals surface area contributed by atoms with Crippen LogP contribution >= 0.6 is 0 Å². The molecule has 25 heavy (non-hydrogen) atoms. The van der Waals surface area contributed by atoms with Crippen LogP contribution in [0.1, 0.15) is 21.5 Å². The Morgan fingerprint density at radius 2 is 1.68 bits per heavy atom. The summed E-state index contributed by atoms with van der Waals surface area (Å²) in [7, 11) is 0. The molecule has 0 unspecified atom stereocenters. The van der Waals surface area contributed by atoms with Gasteiger partial charge in [-0.3, -0.25) is 4.79 Å². The molecule has 5 nitrogen and oxygen atoms in total. The van der Waals surface area contributed by atoms with Gasteiger partial charge in [0.1, 0.15) is 5.82 Å². The van der Waals surface area contributed by atoms with Crippen molar-refractivity contribution in [1.29, 1.82) is 0 Å². The highest BCUT2D eigenvalue weighted by Gasteiger charge is 2.08. The van der Waals surface area contributed by atoms with E-state index in [0.29, 0.717) is 22.9 Å². The summed E-state index contributed by atoms with van der Waals surface area (Å²) < 4.78 is 13.2. The average molecular weight is 336 g/mol. The van der Waals surface area contributed by atoms with E-state index in [9.17, 15) is 9.18 Å². The second-order valence-electron chi connectivity index (χ2n) is 5.69. The molecule has 2 N–H and O–H groups in total. The lowest BCUT2D eigenvalue weighted by Crippen LogP contribution is -2.13. The number of halogens is 1. The molecular formula is C19H17FN4O. The van der Waals surface area contributed by atoms with Crippen molar-refractivity contribution in [3.05, 3.63) is 77.1 Å². The summed E-state index contributed by atoms with van der Waals surface area (Å²) in [4.78, 5) is 12.3. The molecule has 6 heteroatoms. The Balaban J connectivity index is 1.67. The van der Waals surface area contributed by atoms with Crippen LogP contribution in [0.15, 0.2) is 54.6 Å². The van der Waals surface area contributed by atoms with Crippen molar-refractivity contribution in [3.8, 4) is 0 Å². The molecule has 0 aliphatic heterocycles. The molecule has 0 atom stereocenters. The van der Waals surface area contributed by atoms with E-state index in [0.717, 1.165) is 11.1 Å². The fourth-order valence-electron chi connectivity index (χ4n) is 2.25. The minimum Gasteiger partial charge on any atom is -0.339 e. The third-order valence-corrected chi connectivity index (χ3v) is 3.77. The first-order chi connectivity index (χ1) is 12.0. The molecule has 0 radical (unpaired) electrons. The number of aromatic nitrogens is 2. The molecule has 1 aromatic heterocycles. The van der Waals surface area contributed by atoms with E-state index in [1.54, 1.807) is 30.3 Å². The molecule has 1 heterocycles. The van der Waals surface area contributed by atoms with Crippen molar-refractivity contribution in [1.82, 2.24) is 10.2 Å². The molecule has 0 bridgehead atoms. The summed E-state index contributed by atoms with van der Waals surface area (Å²) in [6.45, 7) is 3.95. The minimum absolute atomic E-state index is 0.247. The van der Waals surface area contributed by atoms with Gasteiger partial charge in [0.15, 0.2) is 11.6 Å². The van der Waals surface area contributed by atoms with Crippen molar-refractivity contribution in [3.63, 3.8) is 0 Å². The fourth-order valence-corrected chi connectivity index (χ4v) is 2.25. The van der Waals surface area contributed by atoms with Crippen molar-refractivity contribution in [2.24, 2.45) is 0 Å². The Labute approximate surface area is 144 Å². The second kappa shape index (κ2) is 7.09. The number of anilines is 3. The highest BCUT2D eigenvalue weighted by atomic mass is 19.1. The molecular weight excluding hydrogens is 319 g/mol. The van der Waals surface area contributed by atoms with Crippen LogP contribution in [0.25, 0.3) is 0 Å². The molecule has 0 aliphatic carbocycles. The van der Waals surface area contributed by atoms with Crippen LogP contribution < -0.4 is 10.6 Å². The van der Waals surface area contributed by atoms with Gasteiger partial charge in [0, 0.05) is 11.3 Å². The van der Waals surface area contributed by atoms with Crippen molar-refractivity contribution in [2.75, 3.05) is 10.6 Å². The second-order valence-corrected chi connectivity index (χ2v) is 5.69. The molecule has 0 saturated carbocycles. The molecule has 0 saturated heterocycles. The van der Waals surface area contributed by atoms with Crippen LogP contribution in [0.2, 0.25) is 0 Å². The third-order valence-electron chi connectivity index (χ3n) is 3.77. The van der Waals surface area contributed by atoms with Crippen molar-refractivity contribution < 1.29 is 9.18 Å². The topological polar surface area (TPSA) is 66.9 Å². The number of carbonyl (C=O) groups excluding carboxylic acids is 1. The van der Waals surface area contributed by atoms with Gasteiger partial charge in [0.05, 0.1) is 0 Å². The number of amides is 1. The smallest absolute Gasteiger partial charge is 0.256 e. The molecule has 3 rings (SSSR count). The van der Waals surface area contributed by atoms with E-state index < -0.39 is 0 Å². The largest absolute Gasteiger partial charge is 0.339 e. The zero-order valence-corrected chi connectivity index (χ0v) is 13.9. The predicted molar refractivity (Wildman–Crippen MR) is 95.6 cm³/mol. The molecule has 1 amide bonds. The summed E-state index contributed by atoms with van der Waals surface area (Å²) in [6.07, 6.45) is 0. The highest BCUT2D eigenvalue weighted by Crippen LogP contribution is 2.16. The number of benzene rings is 2. The van der Waals surface area contributed by atoms with Crippen LogP contribution in [0, 0.1) is 19.7 Å². The lowest BCUT2D eigenvalue weighted by Gasteiger charge is -2.08. The van der Waals surface area contributed by atoms with Gasteiger partial charge < -0.3 is 10.6 Å². The van der Waals surface area contributed by atoms with Gasteiger partial charge in [-0.15, -0.1) is 10.2 Å². The third kappa shape index (κ3) is 4.17. The summed E-state index contributed by atoms with van der Waals surface area (Å²) in [5.74, 6) is 0.210. The maximum atomic E-state index is 13.2. The summed E-state index contributed by atoms with van der Waals surface area (Å²) in [5.41, 5.74) is 3.31. The Morgan fingerprint density at radius 3 is 2.36 bits per heavy atom. The molecule has 0 fully saturated rings. The Hall–Kier alpha value is -3.28. The normalized spacial score (nSPS) is 10.4. The number of nitrogens with one attached hydrogen (secondary N) is 2. The summed E-state index contributed by atoms with van der Waals surface area (Å²) >= 11 is 0. The lowest BCUT2D eigenvalue weighted by molar-refractivity contribution is 0.102.